The Morgan fingerprint density at radius 3 is 2.85 bits per heavy atom. The number of anilines is 1. The monoisotopic (exact) mass is 273 g/mol. The van der Waals surface area contributed by atoms with Crippen molar-refractivity contribution in [2.75, 3.05) is 12.8 Å². The van der Waals surface area contributed by atoms with Crippen LogP contribution in [0.4, 0.5) is 5.69 Å². The van der Waals surface area contributed by atoms with Crippen molar-refractivity contribution in [2.45, 2.75) is 32.2 Å². The molecule has 2 aromatic rings. The van der Waals surface area contributed by atoms with Crippen LogP contribution in [0, 0.1) is 5.92 Å². The highest BCUT2D eigenvalue weighted by atomic mass is 16.5. The molecular formula is C14H19N5O. The largest absolute Gasteiger partial charge is 0.495 e. The van der Waals surface area contributed by atoms with E-state index in [2.05, 4.69) is 22.4 Å². The maximum Gasteiger partial charge on any atom is 0.182 e. The Morgan fingerprint density at radius 2 is 2.20 bits per heavy atom. The summed E-state index contributed by atoms with van der Waals surface area (Å²) >= 11 is 0. The van der Waals surface area contributed by atoms with E-state index in [-0.39, 0.29) is 0 Å². The maximum absolute atomic E-state index is 5.97. The Hall–Kier alpha value is -2.11. The van der Waals surface area contributed by atoms with Crippen LogP contribution < -0.4 is 10.5 Å². The van der Waals surface area contributed by atoms with E-state index >= 15 is 0 Å². The summed E-state index contributed by atoms with van der Waals surface area (Å²) < 4.78 is 7.12. The number of tetrazole rings is 1. The second kappa shape index (κ2) is 5.11. The fourth-order valence-corrected chi connectivity index (χ4v) is 2.97. The molecule has 0 amide bonds. The molecule has 6 nitrogen and oxygen atoms in total. The third-order valence-electron chi connectivity index (χ3n) is 4.11. The second-order valence-corrected chi connectivity index (χ2v) is 5.38. The lowest BCUT2D eigenvalue weighted by atomic mass is 10.1. The van der Waals surface area contributed by atoms with Gasteiger partial charge in [0, 0.05) is 5.56 Å². The van der Waals surface area contributed by atoms with E-state index in [1.165, 1.54) is 12.8 Å². The number of methoxy groups -OCH3 is 1. The molecular weight excluding hydrogens is 254 g/mol. The molecule has 106 valence electrons. The fraction of sp³-hybridized carbons (Fsp3) is 0.500. The van der Waals surface area contributed by atoms with E-state index in [4.69, 9.17) is 10.5 Å². The van der Waals surface area contributed by atoms with Gasteiger partial charge in [0.2, 0.25) is 0 Å². The minimum absolute atomic E-state index is 0.378. The van der Waals surface area contributed by atoms with Crippen molar-refractivity contribution in [1.29, 1.82) is 0 Å². The van der Waals surface area contributed by atoms with Gasteiger partial charge >= 0.3 is 0 Å². The summed E-state index contributed by atoms with van der Waals surface area (Å²) in [6.45, 7) is 2.26. The number of nitrogen functional groups attached to an aromatic ring is 1. The topological polar surface area (TPSA) is 78.9 Å². The van der Waals surface area contributed by atoms with E-state index in [1.807, 2.05) is 22.9 Å². The molecule has 6 heteroatoms. The van der Waals surface area contributed by atoms with Crippen LogP contribution in [0.2, 0.25) is 0 Å². The number of rotatable bonds is 3. The van der Waals surface area contributed by atoms with Crippen molar-refractivity contribution < 1.29 is 4.74 Å². The molecule has 1 aliphatic rings. The highest BCUT2D eigenvalue weighted by Gasteiger charge is 2.28. The SMILES string of the molecule is COc1ccc(-c2nnnn2C2CCCC2C)cc1N. The fourth-order valence-electron chi connectivity index (χ4n) is 2.97. The van der Waals surface area contributed by atoms with Crippen molar-refractivity contribution in [2.24, 2.45) is 5.92 Å². The first-order valence-electron chi connectivity index (χ1n) is 6.92. The Bertz CT molecular complexity index is 609. The minimum atomic E-state index is 0.378. The average molecular weight is 273 g/mol. The Morgan fingerprint density at radius 1 is 1.35 bits per heavy atom. The zero-order chi connectivity index (χ0) is 14.1. The highest BCUT2D eigenvalue weighted by Crippen LogP contribution is 2.37. The van der Waals surface area contributed by atoms with Gasteiger partial charge in [-0.25, -0.2) is 4.68 Å². The summed E-state index contributed by atoms with van der Waals surface area (Å²) in [6, 6.07) is 6.03. The van der Waals surface area contributed by atoms with Crippen molar-refractivity contribution in [3.8, 4) is 17.1 Å². The lowest BCUT2D eigenvalue weighted by Gasteiger charge is -2.17. The summed E-state index contributed by atoms with van der Waals surface area (Å²) in [7, 11) is 1.61. The van der Waals surface area contributed by atoms with Gasteiger partial charge in [-0.1, -0.05) is 13.3 Å². The lowest BCUT2D eigenvalue weighted by molar-refractivity contribution is 0.370. The molecule has 1 aromatic carbocycles. The van der Waals surface area contributed by atoms with E-state index in [1.54, 1.807) is 7.11 Å². The van der Waals surface area contributed by atoms with Gasteiger partial charge < -0.3 is 10.5 Å². The van der Waals surface area contributed by atoms with Crippen molar-refractivity contribution in [3.05, 3.63) is 18.2 Å². The Balaban J connectivity index is 1.99. The van der Waals surface area contributed by atoms with Crippen molar-refractivity contribution >= 4 is 5.69 Å². The zero-order valence-corrected chi connectivity index (χ0v) is 11.8. The van der Waals surface area contributed by atoms with Crippen LogP contribution >= 0.6 is 0 Å². The van der Waals surface area contributed by atoms with Crippen LogP contribution in [0.1, 0.15) is 32.2 Å². The van der Waals surface area contributed by atoms with Gasteiger partial charge in [0.25, 0.3) is 0 Å². The molecule has 1 fully saturated rings. The number of nitrogens with zero attached hydrogens (tertiary/aromatic N) is 4. The molecule has 2 unspecified atom stereocenters. The molecule has 0 saturated heterocycles. The molecule has 0 aliphatic heterocycles. The van der Waals surface area contributed by atoms with Gasteiger partial charge in [-0.3, -0.25) is 0 Å². The predicted octanol–water partition coefficient (Wildman–Crippen LogP) is 2.29. The number of hydrogen-bond donors (Lipinski definition) is 1. The van der Waals surface area contributed by atoms with Crippen LogP contribution in [0.25, 0.3) is 11.4 Å². The third kappa shape index (κ3) is 2.11. The minimum Gasteiger partial charge on any atom is -0.495 e. The lowest BCUT2D eigenvalue weighted by Crippen LogP contribution is -2.14. The highest BCUT2D eigenvalue weighted by molar-refractivity contribution is 5.66. The van der Waals surface area contributed by atoms with Crippen LogP contribution in [-0.4, -0.2) is 27.3 Å². The maximum atomic E-state index is 5.97. The number of nitrogens with two attached hydrogens (primary N) is 1. The van der Waals surface area contributed by atoms with E-state index in [0.29, 0.717) is 23.4 Å². The number of benzene rings is 1. The summed E-state index contributed by atoms with van der Waals surface area (Å²) in [6.07, 6.45) is 3.59. The van der Waals surface area contributed by atoms with Crippen LogP contribution in [0.3, 0.4) is 0 Å². The van der Waals surface area contributed by atoms with Gasteiger partial charge in [0.05, 0.1) is 18.8 Å². The first-order chi connectivity index (χ1) is 9.70. The quantitative estimate of drug-likeness (QED) is 0.868. The number of ether oxygens (including phenoxy) is 1. The molecule has 1 saturated carbocycles. The normalized spacial score (nSPS) is 22.1. The van der Waals surface area contributed by atoms with Gasteiger partial charge in [0.1, 0.15) is 5.75 Å². The van der Waals surface area contributed by atoms with Gasteiger partial charge in [-0.2, -0.15) is 0 Å². The van der Waals surface area contributed by atoms with Crippen LogP contribution in [0.15, 0.2) is 18.2 Å². The van der Waals surface area contributed by atoms with E-state index in [9.17, 15) is 0 Å². The summed E-state index contributed by atoms with van der Waals surface area (Å²) in [5, 5.41) is 12.2. The molecule has 0 bridgehead atoms. The third-order valence-corrected chi connectivity index (χ3v) is 4.11. The first-order valence-corrected chi connectivity index (χ1v) is 6.92. The molecule has 0 radical (unpaired) electrons. The molecule has 3 rings (SSSR count). The molecule has 2 N–H and O–H groups in total. The first kappa shape index (κ1) is 12.9. The Kier molecular flexibility index (Phi) is 3.30. The summed E-state index contributed by atoms with van der Waals surface area (Å²) in [5.41, 5.74) is 7.49. The Labute approximate surface area is 117 Å². The standard InChI is InChI=1S/C14H19N5O/c1-9-4-3-5-12(9)19-14(16-17-18-19)10-6-7-13(20-2)11(15)8-10/h6-9,12H,3-5,15H2,1-2H3. The van der Waals surface area contributed by atoms with Crippen LogP contribution in [-0.2, 0) is 0 Å². The molecule has 2 atom stereocenters. The smallest absolute Gasteiger partial charge is 0.182 e. The molecule has 1 aromatic heterocycles. The molecule has 1 heterocycles. The summed E-state index contributed by atoms with van der Waals surface area (Å²) in [4.78, 5) is 0. The zero-order valence-electron chi connectivity index (χ0n) is 11.8. The van der Waals surface area contributed by atoms with Gasteiger partial charge in [-0.15, -0.1) is 5.10 Å². The van der Waals surface area contributed by atoms with E-state index < -0.39 is 0 Å². The van der Waals surface area contributed by atoms with E-state index in [0.717, 1.165) is 17.8 Å². The summed E-state index contributed by atoms with van der Waals surface area (Å²) in [5.74, 6) is 2.05. The van der Waals surface area contributed by atoms with Gasteiger partial charge in [-0.05, 0) is 47.4 Å². The van der Waals surface area contributed by atoms with Crippen molar-refractivity contribution in [3.63, 3.8) is 0 Å². The second-order valence-electron chi connectivity index (χ2n) is 5.38. The predicted molar refractivity (Wildman–Crippen MR) is 76.3 cm³/mol. The van der Waals surface area contributed by atoms with Crippen LogP contribution in [0.5, 0.6) is 5.75 Å². The average Bonchev–Trinajstić information content (AvgIpc) is 3.06. The molecule has 0 spiro atoms. The number of hydrogen-bond acceptors (Lipinski definition) is 5. The van der Waals surface area contributed by atoms with Gasteiger partial charge in [0.15, 0.2) is 5.82 Å². The van der Waals surface area contributed by atoms with Crippen molar-refractivity contribution in [1.82, 2.24) is 20.2 Å². The molecule has 1 aliphatic carbocycles. The number of aromatic nitrogens is 4. The molecule has 20 heavy (non-hydrogen) atoms.